The normalized spacial score (nSPS) is 12.5. The van der Waals surface area contributed by atoms with Gasteiger partial charge in [-0.2, -0.15) is 0 Å². The second-order valence-electron chi connectivity index (χ2n) is 5.63. The van der Waals surface area contributed by atoms with E-state index in [4.69, 9.17) is 16.3 Å². The molecule has 0 aliphatic heterocycles. The van der Waals surface area contributed by atoms with Crippen molar-refractivity contribution in [2.24, 2.45) is 0 Å². The summed E-state index contributed by atoms with van der Waals surface area (Å²) in [5, 5.41) is 3.14. The first-order chi connectivity index (χ1) is 11.6. The van der Waals surface area contributed by atoms with Crippen LogP contribution in [-0.4, -0.2) is 38.7 Å². The number of ether oxygens (including phenoxy) is 1. The Kier molecular flexibility index (Phi) is 8.34. The average molecular weight is 391 g/mol. The van der Waals surface area contributed by atoms with Crippen molar-refractivity contribution in [3.05, 3.63) is 28.8 Å². The predicted molar refractivity (Wildman–Crippen MR) is 97.1 cm³/mol. The maximum atomic E-state index is 11.8. The van der Waals surface area contributed by atoms with Crippen LogP contribution in [0.25, 0.3) is 0 Å². The Balaban J connectivity index is 2.48. The lowest BCUT2D eigenvalue weighted by Crippen LogP contribution is -2.41. The smallest absolute Gasteiger partial charge is 0.324 e. The van der Waals surface area contributed by atoms with E-state index in [2.05, 4.69) is 10.0 Å². The number of sulfonamides is 1. The zero-order valence-corrected chi connectivity index (χ0v) is 16.0. The van der Waals surface area contributed by atoms with Gasteiger partial charge in [0.15, 0.2) is 6.61 Å². The van der Waals surface area contributed by atoms with Crippen molar-refractivity contribution in [3.63, 3.8) is 0 Å². The minimum atomic E-state index is -3.55. The Morgan fingerprint density at radius 2 is 2.00 bits per heavy atom. The predicted octanol–water partition coefficient (Wildman–Crippen LogP) is 2.24. The lowest BCUT2D eigenvalue weighted by Gasteiger charge is -2.14. The molecule has 0 fully saturated rings. The van der Waals surface area contributed by atoms with Crippen LogP contribution < -0.4 is 10.0 Å². The minimum absolute atomic E-state index is 0.0581. The summed E-state index contributed by atoms with van der Waals surface area (Å²) in [5.74, 6) is -1.40. The van der Waals surface area contributed by atoms with Gasteiger partial charge in [0.05, 0.1) is 5.75 Å². The number of carbonyl (C=O) groups is 2. The molecule has 0 heterocycles. The van der Waals surface area contributed by atoms with Gasteiger partial charge in [-0.25, -0.2) is 13.1 Å². The molecule has 1 rings (SSSR count). The van der Waals surface area contributed by atoms with Crippen LogP contribution >= 0.6 is 11.6 Å². The van der Waals surface area contributed by atoms with Gasteiger partial charge in [-0.05, 0) is 44.0 Å². The number of esters is 1. The molecule has 140 valence electrons. The Morgan fingerprint density at radius 3 is 2.60 bits per heavy atom. The lowest BCUT2D eigenvalue weighted by molar-refractivity contribution is -0.148. The summed E-state index contributed by atoms with van der Waals surface area (Å²) in [6.07, 6.45) is 1.23. The highest BCUT2D eigenvalue weighted by atomic mass is 35.5. The fourth-order valence-electron chi connectivity index (χ4n) is 1.93. The fourth-order valence-corrected chi connectivity index (χ4v) is 3.57. The first kappa shape index (κ1) is 21.4. The molecule has 2 N–H and O–H groups in total. The third kappa shape index (κ3) is 7.85. The molecule has 0 aliphatic rings. The van der Waals surface area contributed by atoms with Gasteiger partial charge in [0.25, 0.3) is 5.91 Å². The third-order valence-corrected chi connectivity index (χ3v) is 5.06. The van der Waals surface area contributed by atoms with E-state index in [1.165, 1.54) is 6.92 Å². The van der Waals surface area contributed by atoms with Crippen LogP contribution in [0.3, 0.4) is 0 Å². The molecule has 7 nitrogen and oxygen atoms in total. The van der Waals surface area contributed by atoms with Gasteiger partial charge in [-0.15, -0.1) is 0 Å². The average Bonchev–Trinajstić information content (AvgIpc) is 2.53. The number of hydrogen-bond donors (Lipinski definition) is 2. The second kappa shape index (κ2) is 9.74. The van der Waals surface area contributed by atoms with Crippen molar-refractivity contribution >= 4 is 39.2 Å². The number of benzene rings is 1. The molecular weight excluding hydrogens is 368 g/mol. The molecular formula is C16H23ClN2O5S. The molecule has 1 amide bonds. The molecule has 0 saturated heterocycles. The monoisotopic (exact) mass is 390 g/mol. The highest BCUT2D eigenvalue weighted by molar-refractivity contribution is 7.89. The molecule has 0 unspecified atom stereocenters. The fraction of sp³-hybridized carbons (Fsp3) is 0.500. The SMILES string of the molecule is CCCCS(=O)(=O)N[C@@H](C)C(=O)OCC(=O)Nc1ccc(Cl)cc1C. The van der Waals surface area contributed by atoms with E-state index in [0.717, 1.165) is 12.0 Å². The van der Waals surface area contributed by atoms with Gasteiger partial charge in [-0.3, -0.25) is 9.59 Å². The number of anilines is 1. The van der Waals surface area contributed by atoms with E-state index >= 15 is 0 Å². The number of nitrogens with one attached hydrogen (secondary N) is 2. The standard InChI is InChI=1S/C16H23ClN2O5S/c1-4-5-8-25(22,23)19-12(3)16(21)24-10-15(20)18-14-7-6-13(17)9-11(14)2/h6-7,9,12,19H,4-5,8,10H2,1-3H3,(H,18,20)/t12-/m0/s1. The highest BCUT2D eigenvalue weighted by Gasteiger charge is 2.21. The van der Waals surface area contributed by atoms with Crippen LogP contribution in [0.1, 0.15) is 32.3 Å². The van der Waals surface area contributed by atoms with Crippen LogP contribution in [0.4, 0.5) is 5.69 Å². The molecule has 1 aromatic rings. The first-order valence-corrected chi connectivity index (χ1v) is 9.90. The van der Waals surface area contributed by atoms with Crippen molar-refractivity contribution in [1.29, 1.82) is 0 Å². The van der Waals surface area contributed by atoms with Gasteiger partial charge in [0.1, 0.15) is 6.04 Å². The Bertz CT molecular complexity index is 721. The summed E-state index contributed by atoms with van der Waals surface area (Å²) >= 11 is 5.84. The van der Waals surface area contributed by atoms with Crippen LogP contribution in [0.15, 0.2) is 18.2 Å². The molecule has 0 spiro atoms. The number of unbranched alkanes of at least 4 members (excludes halogenated alkanes) is 1. The van der Waals surface area contributed by atoms with Crippen LogP contribution in [0.5, 0.6) is 0 Å². The third-order valence-electron chi connectivity index (χ3n) is 3.28. The molecule has 0 saturated carbocycles. The van der Waals surface area contributed by atoms with Crippen molar-refractivity contribution in [2.45, 2.75) is 39.7 Å². The first-order valence-electron chi connectivity index (χ1n) is 7.87. The highest BCUT2D eigenvalue weighted by Crippen LogP contribution is 2.19. The van der Waals surface area contributed by atoms with Gasteiger partial charge in [0, 0.05) is 10.7 Å². The number of aryl methyl sites for hydroxylation is 1. The van der Waals surface area contributed by atoms with Gasteiger partial charge >= 0.3 is 5.97 Å². The Labute approximate surface area is 153 Å². The summed E-state index contributed by atoms with van der Waals surface area (Å²) in [5.41, 5.74) is 1.32. The number of rotatable bonds is 9. The molecule has 1 aromatic carbocycles. The minimum Gasteiger partial charge on any atom is -0.454 e. The summed E-state index contributed by atoms with van der Waals surface area (Å²) < 4.78 is 30.6. The second-order valence-corrected chi connectivity index (χ2v) is 7.94. The molecule has 0 radical (unpaired) electrons. The molecule has 25 heavy (non-hydrogen) atoms. The molecule has 0 bridgehead atoms. The van der Waals surface area contributed by atoms with Crippen LogP contribution in [-0.2, 0) is 24.3 Å². The molecule has 1 atom stereocenters. The van der Waals surface area contributed by atoms with Crippen LogP contribution in [0, 0.1) is 6.92 Å². The largest absolute Gasteiger partial charge is 0.454 e. The molecule has 0 aromatic heterocycles. The van der Waals surface area contributed by atoms with Gasteiger partial charge in [0.2, 0.25) is 10.0 Å². The van der Waals surface area contributed by atoms with Crippen LogP contribution in [0.2, 0.25) is 5.02 Å². The van der Waals surface area contributed by atoms with E-state index in [9.17, 15) is 18.0 Å². The number of amides is 1. The van der Waals surface area contributed by atoms with Crippen molar-refractivity contribution in [2.75, 3.05) is 17.7 Å². The Morgan fingerprint density at radius 1 is 1.32 bits per heavy atom. The van der Waals surface area contributed by atoms with Gasteiger partial charge < -0.3 is 10.1 Å². The lowest BCUT2D eigenvalue weighted by atomic mass is 10.2. The van der Waals surface area contributed by atoms with Crippen molar-refractivity contribution in [1.82, 2.24) is 4.72 Å². The summed E-state index contributed by atoms with van der Waals surface area (Å²) in [6, 6.07) is 3.90. The van der Waals surface area contributed by atoms with E-state index < -0.39 is 34.5 Å². The van der Waals surface area contributed by atoms with Gasteiger partial charge in [-0.1, -0.05) is 24.9 Å². The summed E-state index contributed by atoms with van der Waals surface area (Å²) in [6.45, 7) is 4.50. The summed E-state index contributed by atoms with van der Waals surface area (Å²) in [4.78, 5) is 23.7. The zero-order chi connectivity index (χ0) is 19.0. The van der Waals surface area contributed by atoms with E-state index in [1.807, 2.05) is 6.92 Å². The van der Waals surface area contributed by atoms with E-state index in [0.29, 0.717) is 17.1 Å². The van der Waals surface area contributed by atoms with E-state index in [-0.39, 0.29) is 5.75 Å². The zero-order valence-electron chi connectivity index (χ0n) is 14.5. The summed E-state index contributed by atoms with van der Waals surface area (Å²) in [7, 11) is -3.55. The Hall–Kier alpha value is -1.64. The topological polar surface area (TPSA) is 102 Å². The maximum Gasteiger partial charge on any atom is 0.324 e. The molecule has 9 heteroatoms. The number of halogens is 1. The van der Waals surface area contributed by atoms with Crippen molar-refractivity contribution in [3.8, 4) is 0 Å². The molecule has 0 aliphatic carbocycles. The maximum absolute atomic E-state index is 11.8. The van der Waals surface area contributed by atoms with E-state index in [1.54, 1.807) is 25.1 Å². The number of hydrogen-bond acceptors (Lipinski definition) is 5. The van der Waals surface area contributed by atoms with Crippen molar-refractivity contribution < 1.29 is 22.7 Å². The quantitative estimate of drug-likeness (QED) is 0.629. The number of carbonyl (C=O) groups excluding carboxylic acids is 2.